The summed E-state index contributed by atoms with van der Waals surface area (Å²) >= 11 is 1.60. The number of aryl methyl sites for hydroxylation is 1. The Labute approximate surface area is 125 Å². The SMILES string of the molecule is Cc1csc(CCNC(=O)c2cc3cc(N)ccc3o2)n1. The number of rotatable bonds is 4. The van der Waals surface area contributed by atoms with Gasteiger partial charge in [0.05, 0.1) is 5.01 Å². The maximum Gasteiger partial charge on any atom is 0.287 e. The Hall–Kier alpha value is -2.34. The third-order valence-electron chi connectivity index (χ3n) is 3.06. The predicted octanol–water partition coefficient (Wildman–Crippen LogP) is 2.75. The molecule has 0 radical (unpaired) electrons. The van der Waals surface area contributed by atoms with Crippen molar-refractivity contribution >= 4 is 33.9 Å². The number of furan rings is 1. The lowest BCUT2D eigenvalue weighted by Gasteiger charge is -2.00. The number of carbonyl (C=O) groups excluding carboxylic acids is 1. The Morgan fingerprint density at radius 1 is 1.43 bits per heavy atom. The van der Waals surface area contributed by atoms with Crippen LogP contribution in [0.4, 0.5) is 5.69 Å². The number of nitrogens with zero attached hydrogens (tertiary/aromatic N) is 1. The van der Waals surface area contributed by atoms with Crippen LogP contribution in [0, 0.1) is 6.92 Å². The lowest BCUT2D eigenvalue weighted by Crippen LogP contribution is -2.25. The van der Waals surface area contributed by atoms with Crippen molar-refractivity contribution in [3.63, 3.8) is 0 Å². The van der Waals surface area contributed by atoms with E-state index in [1.54, 1.807) is 35.6 Å². The molecule has 21 heavy (non-hydrogen) atoms. The van der Waals surface area contributed by atoms with Gasteiger partial charge in [-0.2, -0.15) is 0 Å². The second kappa shape index (κ2) is 5.57. The van der Waals surface area contributed by atoms with Crippen LogP contribution in [-0.2, 0) is 6.42 Å². The van der Waals surface area contributed by atoms with Crippen molar-refractivity contribution in [2.24, 2.45) is 0 Å². The summed E-state index contributed by atoms with van der Waals surface area (Å²) in [5.74, 6) is 0.0731. The van der Waals surface area contributed by atoms with Crippen LogP contribution in [0.25, 0.3) is 11.0 Å². The Morgan fingerprint density at radius 3 is 3.05 bits per heavy atom. The highest BCUT2D eigenvalue weighted by molar-refractivity contribution is 7.09. The molecule has 108 valence electrons. The molecule has 1 aromatic carbocycles. The van der Waals surface area contributed by atoms with Crippen LogP contribution in [0.2, 0.25) is 0 Å². The number of aromatic nitrogens is 1. The maximum absolute atomic E-state index is 12.0. The van der Waals surface area contributed by atoms with Crippen molar-refractivity contribution in [2.75, 3.05) is 12.3 Å². The first kappa shape index (κ1) is 13.6. The summed E-state index contributed by atoms with van der Waals surface area (Å²) in [5, 5.41) is 6.68. The number of thiazole rings is 1. The minimum absolute atomic E-state index is 0.224. The first-order valence-electron chi connectivity index (χ1n) is 6.60. The fourth-order valence-corrected chi connectivity index (χ4v) is 2.84. The highest BCUT2D eigenvalue weighted by atomic mass is 32.1. The van der Waals surface area contributed by atoms with Crippen LogP contribution in [0.5, 0.6) is 0 Å². The molecule has 1 amide bonds. The van der Waals surface area contributed by atoms with E-state index < -0.39 is 0 Å². The van der Waals surface area contributed by atoms with Gasteiger partial charge in [0.1, 0.15) is 5.58 Å². The molecule has 2 aromatic heterocycles. The van der Waals surface area contributed by atoms with E-state index in [9.17, 15) is 4.79 Å². The number of anilines is 1. The minimum atomic E-state index is -0.224. The summed E-state index contributed by atoms with van der Waals surface area (Å²) in [6.45, 7) is 2.49. The van der Waals surface area contributed by atoms with E-state index in [0.717, 1.165) is 22.5 Å². The quantitative estimate of drug-likeness (QED) is 0.726. The largest absolute Gasteiger partial charge is 0.451 e. The predicted molar refractivity (Wildman–Crippen MR) is 83.5 cm³/mol. The van der Waals surface area contributed by atoms with Gasteiger partial charge in [0.15, 0.2) is 5.76 Å². The Kier molecular flexibility index (Phi) is 3.62. The summed E-state index contributed by atoms with van der Waals surface area (Å²) in [6.07, 6.45) is 0.720. The summed E-state index contributed by atoms with van der Waals surface area (Å²) in [7, 11) is 0. The Balaban J connectivity index is 1.63. The normalized spacial score (nSPS) is 10.9. The lowest BCUT2D eigenvalue weighted by atomic mass is 10.2. The van der Waals surface area contributed by atoms with Gasteiger partial charge in [-0.3, -0.25) is 4.79 Å². The van der Waals surface area contributed by atoms with Crippen molar-refractivity contribution in [3.05, 3.63) is 46.1 Å². The first-order chi connectivity index (χ1) is 10.1. The van der Waals surface area contributed by atoms with Crippen LogP contribution in [-0.4, -0.2) is 17.4 Å². The highest BCUT2D eigenvalue weighted by Crippen LogP contribution is 2.21. The molecule has 0 bridgehead atoms. The highest BCUT2D eigenvalue weighted by Gasteiger charge is 2.12. The van der Waals surface area contributed by atoms with Crippen molar-refractivity contribution in [1.82, 2.24) is 10.3 Å². The van der Waals surface area contributed by atoms with Crippen molar-refractivity contribution in [2.45, 2.75) is 13.3 Å². The van der Waals surface area contributed by atoms with E-state index in [-0.39, 0.29) is 5.91 Å². The van der Waals surface area contributed by atoms with Crippen LogP contribution >= 0.6 is 11.3 Å². The molecule has 0 aliphatic heterocycles. The molecule has 3 rings (SSSR count). The third-order valence-corrected chi connectivity index (χ3v) is 4.08. The molecule has 0 spiro atoms. The molecule has 0 saturated heterocycles. The van der Waals surface area contributed by atoms with E-state index in [2.05, 4.69) is 10.3 Å². The molecule has 0 atom stereocenters. The first-order valence-corrected chi connectivity index (χ1v) is 7.48. The summed E-state index contributed by atoms with van der Waals surface area (Å²) in [5.41, 5.74) is 8.02. The summed E-state index contributed by atoms with van der Waals surface area (Å²) < 4.78 is 5.51. The van der Waals surface area contributed by atoms with Gasteiger partial charge in [-0.1, -0.05) is 0 Å². The topological polar surface area (TPSA) is 81.2 Å². The summed E-state index contributed by atoms with van der Waals surface area (Å²) in [6, 6.07) is 7.00. The zero-order chi connectivity index (χ0) is 14.8. The van der Waals surface area contributed by atoms with Crippen LogP contribution in [0.15, 0.2) is 34.1 Å². The molecule has 0 fully saturated rings. The molecular weight excluding hydrogens is 286 g/mol. The average molecular weight is 301 g/mol. The van der Waals surface area contributed by atoms with E-state index in [1.807, 2.05) is 12.3 Å². The van der Waals surface area contributed by atoms with Gasteiger partial charge in [-0.25, -0.2) is 4.98 Å². The van der Waals surface area contributed by atoms with Crippen LogP contribution in [0.3, 0.4) is 0 Å². The van der Waals surface area contributed by atoms with Gasteiger partial charge in [-0.15, -0.1) is 11.3 Å². The molecule has 0 unspecified atom stereocenters. The van der Waals surface area contributed by atoms with E-state index in [0.29, 0.717) is 23.6 Å². The molecular formula is C15H15N3O2S. The molecule has 3 N–H and O–H groups in total. The molecule has 0 saturated carbocycles. The second-order valence-corrected chi connectivity index (χ2v) is 5.74. The van der Waals surface area contributed by atoms with Crippen molar-refractivity contribution in [3.8, 4) is 0 Å². The zero-order valence-corrected chi connectivity index (χ0v) is 12.4. The summed E-state index contributed by atoms with van der Waals surface area (Å²) in [4.78, 5) is 16.4. The van der Waals surface area contributed by atoms with E-state index in [4.69, 9.17) is 10.2 Å². The third kappa shape index (κ3) is 3.05. The lowest BCUT2D eigenvalue weighted by molar-refractivity contribution is 0.0928. The number of nitrogens with one attached hydrogen (secondary N) is 1. The fraction of sp³-hybridized carbons (Fsp3) is 0.200. The number of benzene rings is 1. The van der Waals surface area contributed by atoms with E-state index in [1.165, 1.54) is 0 Å². The van der Waals surface area contributed by atoms with Gasteiger partial charge >= 0.3 is 0 Å². The Bertz CT molecular complexity index is 791. The van der Waals surface area contributed by atoms with Gasteiger partial charge < -0.3 is 15.5 Å². The van der Waals surface area contributed by atoms with Crippen molar-refractivity contribution < 1.29 is 9.21 Å². The number of hydrogen-bond donors (Lipinski definition) is 2. The maximum atomic E-state index is 12.0. The fourth-order valence-electron chi connectivity index (χ4n) is 2.06. The number of nitrogen functional groups attached to an aromatic ring is 1. The second-order valence-electron chi connectivity index (χ2n) is 4.80. The molecule has 0 aliphatic carbocycles. The smallest absolute Gasteiger partial charge is 0.287 e. The van der Waals surface area contributed by atoms with E-state index >= 15 is 0 Å². The van der Waals surface area contributed by atoms with Gasteiger partial charge in [0, 0.05) is 35.1 Å². The number of nitrogens with two attached hydrogens (primary N) is 1. The number of fused-ring (bicyclic) bond motifs is 1. The van der Waals surface area contributed by atoms with Crippen LogP contribution < -0.4 is 11.1 Å². The molecule has 5 nitrogen and oxygen atoms in total. The van der Waals surface area contributed by atoms with Gasteiger partial charge in [0.25, 0.3) is 5.91 Å². The Morgan fingerprint density at radius 2 is 2.29 bits per heavy atom. The average Bonchev–Trinajstić information content (AvgIpc) is 3.04. The van der Waals surface area contributed by atoms with Gasteiger partial charge in [0.2, 0.25) is 0 Å². The molecule has 0 aliphatic rings. The molecule has 3 aromatic rings. The van der Waals surface area contributed by atoms with Gasteiger partial charge in [-0.05, 0) is 31.2 Å². The van der Waals surface area contributed by atoms with Crippen LogP contribution in [0.1, 0.15) is 21.3 Å². The zero-order valence-electron chi connectivity index (χ0n) is 11.6. The molecule has 6 heteroatoms. The standard InChI is InChI=1S/C15H15N3O2S/c1-9-8-21-14(18-9)4-5-17-15(19)13-7-10-6-11(16)2-3-12(10)20-13/h2-3,6-8H,4-5,16H2,1H3,(H,17,19). The monoisotopic (exact) mass is 301 g/mol. The number of carbonyl (C=O) groups is 1. The number of amides is 1. The molecule has 2 heterocycles. The number of hydrogen-bond acceptors (Lipinski definition) is 5. The van der Waals surface area contributed by atoms with Crippen molar-refractivity contribution in [1.29, 1.82) is 0 Å². The minimum Gasteiger partial charge on any atom is -0.451 e.